The number of hydrogen-bond acceptors (Lipinski definition) is 2. The Bertz CT molecular complexity index is 560. The Balaban J connectivity index is 3.46. The third-order valence-electron chi connectivity index (χ3n) is 3.86. The molecular weight excluding hydrogens is 258 g/mol. The topological polar surface area (TPSA) is 46.2 Å². The minimum atomic E-state index is -3.49. The third kappa shape index (κ3) is 3.37. The average molecular weight is 283 g/mol. The molecule has 4 heteroatoms. The standard InChI is InChI=1S/C15H25NO2S/c1-8-15(6,7)16-19(17,18)14-12(4)10(2)9-11(3)13(14)5/h9,16H,8H2,1-7H3. The number of aryl methyl sites for hydroxylation is 2. The van der Waals surface area contributed by atoms with Crippen LogP contribution < -0.4 is 4.72 Å². The van der Waals surface area contributed by atoms with E-state index in [1.807, 2.05) is 54.5 Å². The van der Waals surface area contributed by atoms with E-state index < -0.39 is 15.6 Å². The van der Waals surface area contributed by atoms with Crippen LogP contribution in [-0.2, 0) is 10.0 Å². The van der Waals surface area contributed by atoms with Gasteiger partial charge in [-0.05, 0) is 70.2 Å². The van der Waals surface area contributed by atoms with Crippen molar-refractivity contribution in [3.05, 3.63) is 28.3 Å². The SMILES string of the molecule is CCC(C)(C)NS(=O)(=O)c1c(C)c(C)cc(C)c1C. The van der Waals surface area contributed by atoms with E-state index in [4.69, 9.17) is 0 Å². The molecule has 0 aromatic heterocycles. The van der Waals surface area contributed by atoms with Crippen molar-refractivity contribution in [1.29, 1.82) is 0 Å². The van der Waals surface area contributed by atoms with Gasteiger partial charge in [0.25, 0.3) is 0 Å². The minimum Gasteiger partial charge on any atom is -0.207 e. The molecule has 1 N–H and O–H groups in total. The molecule has 0 aliphatic rings. The summed E-state index contributed by atoms with van der Waals surface area (Å²) in [6.07, 6.45) is 0.745. The molecule has 0 aliphatic heterocycles. The molecule has 0 atom stereocenters. The Kier molecular flexibility index (Phi) is 4.47. The summed E-state index contributed by atoms with van der Waals surface area (Å²) >= 11 is 0. The fourth-order valence-corrected chi connectivity index (χ4v) is 4.17. The van der Waals surface area contributed by atoms with Crippen LogP contribution in [0.3, 0.4) is 0 Å². The molecule has 108 valence electrons. The van der Waals surface area contributed by atoms with E-state index in [2.05, 4.69) is 4.72 Å². The maximum atomic E-state index is 12.6. The largest absolute Gasteiger partial charge is 0.241 e. The molecule has 0 heterocycles. The first-order valence-corrected chi connectivity index (χ1v) is 8.11. The second-order valence-corrected chi connectivity index (χ2v) is 7.55. The van der Waals surface area contributed by atoms with E-state index in [1.165, 1.54) is 0 Å². The number of nitrogens with one attached hydrogen (secondary N) is 1. The van der Waals surface area contributed by atoms with Crippen molar-refractivity contribution in [2.45, 2.75) is 65.3 Å². The molecule has 0 saturated heterocycles. The van der Waals surface area contributed by atoms with E-state index in [9.17, 15) is 8.42 Å². The molecule has 0 aliphatic carbocycles. The Hall–Kier alpha value is -0.870. The molecule has 0 amide bonds. The van der Waals surface area contributed by atoms with Gasteiger partial charge in [-0.1, -0.05) is 13.0 Å². The van der Waals surface area contributed by atoms with Gasteiger partial charge in [0.15, 0.2) is 0 Å². The lowest BCUT2D eigenvalue weighted by Crippen LogP contribution is -2.43. The first-order chi connectivity index (χ1) is 8.52. The summed E-state index contributed by atoms with van der Waals surface area (Å²) in [6.45, 7) is 13.4. The highest BCUT2D eigenvalue weighted by atomic mass is 32.2. The normalized spacial score (nSPS) is 12.8. The van der Waals surface area contributed by atoms with Crippen molar-refractivity contribution in [3.8, 4) is 0 Å². The first kappa shape index (κ1) is 16.2. The molecule has 0 bridgehead atoms. The Morgan fingerprint density at radius 2 is 1.47 bits per heavy atom. The van der Waals surface area contributed by atoms with Crippen molar-refractivity contribution in [2.24, 2.45) is 0 Å². The van der Waals surface area contributed by atoms with Crippen molar-refractivity contribution in [3.63, 3.8) is 0 Å². The zero-order valence-corrected chi connectivity index (χ0v) is 13.8. The molecule has 0 radical (unpaired) electrons. The average Bonchev–Trinajstić information content (AvgIpc) is 2.25. The fourth-order valence-electron chi connectivity index (χ4n) is 2.07. The first-order valence-electron chi connectivity index (χ1n) is 6.63. The quantitative estimate of drug-likeness (QED) is 0.920. The highest BCUT2D eigenvalue weighted by molar-refractivity contribution is 7.89. The smallest absolute Gasteiger partial charge is 0.207 e. The predicted octanol–water partition coefficient (Wildman–Crippen LogP) is 3.39. The molecule has 0 fully saturated rings. The summed E-state index contributed by atoms with van der Waals surface area (Å²) in [5, 5.41) is 0. The summed E-state index contributed by atoms with van der Waals surface area (Å²) in [5.74, 6) is 0. The highest BCUT2D eigenvalue weighted by Gasteiger charge is 2.28. The number of rotatable bonds is 4. The van der Waals surface area contributed by atoms with Crippen LogP contribution in [0.4, 0.5) is 0 Å². The molecule has 3 nitrogen and oxygen atoms in total. The van der Waals surface area contributed by atoms with E-state index in [1.54, 1.807) is 0 Å². The lowest BCUT2D eigenvalue weighted by molar-refractivity contribution is 0.439. The van der Waals surface area contributed by atoms with Crippen LogP contribution in [0.2, 0.25) is 0 Å². The maximum Gasteiger partial charge on any atom is 0.241 e. The molecule has 1 aromatic carbocycles. The second kappa shape index (κ2) is 5.25. The monoisotopic (exact) mass is 283 g/mol. The number of benzene rings is 1. The zero-order valence-electron chi connectivity index (χ0n) is 13.0. The number of sulfonamides is 1. The molecule has 0 unspecified atom stereocenters. The molecule has 1 rings (SSSR count). The van der Waals surface area contributed by atoms with Gasteiger partial charge < -0.3 is 0 Å². The minimum absolute atomic E-state index is 0.435. The predicted molar refractivity (Wildman–Crippen MR) is 80.1 cm³/mol. The Labute approximate surface area is 117 Å². The maximum absolute atomic E-state index is 12.6. The van der Waals surface area contributed by atoms with Crippen LogP contribution in [0.1, 0.15) is 49.4 Å². The second-order valence-electron chi connectivity index (χ2n) is 5.93. The molecule has 19 heavy (non-hydrogen) atoms. The van der Waals surface area contributed by atoms with Crippen molar-refractivity contribution >= 4 is 10.0 Å². The lowest BCUT2D eigenvalue weighted by atomic mass is 10.0. The van der Waals surface area contributed by atoms with Gasteiger partial charge in [-0.25, -0.2) is 13.1 Å². The summed E-state index contributed by atoms with van der Waals surface area (Å²) in [4.78, 5) is 0.437. The van der Waals surface area contributed by atoms with Crippen LogP contribution in [0, 0.1) is 27.7 Å². The van der Waals surface area contributed by atoms with E-state index in [0.29, 0.717) is 4.90 Å². The molecule has 1 aromatic rings. The van der Waals surface area contributed by atoms with Gasteiger partial charge in [-0.15, -0.1) is 0 Å². The molecule has 0 spiro atoms. The van der Waals surface area contributed by atoms with Crippen molar-refractivity contribution in [2.75, 3.05) is 0 Å². The third-order valence-corrected chi connectivity index (χ3v) is 5.83. The van der Waals surface area contributed by atoms with Gasteiger partial charge in [0.05, 0.1) is 4.90 Å². The van der Waals surface area contributed by atoms with E-state index in [0.717, 1.165) is 28.7 Å². The van der Waals surface area contributed by atoms with Gasteiger partial charge in [-0.2, -0.15) is 0 Å². The van der Waals surface area contributed by atoms with Crippen LogP contribution in [-0.4, -0.2) is 14.0 Å². The van der Waals surface area contributed by atoms with Crippen molar-refractivity contribution in [1.82, 2.24) is 4.72 Å². The Morgan fingerprint density at radius 1 is 1.05 bits per heavy atom. The van der Waals surface area contributed by atoms with Crippen molar-refractivity contribution < 1.29 is 8.42 Å². The molecular formula is C15H25NO2S. The Morgan fingerprint density at radius 3 is 1.84 bits per heavy atom. The van der Waals surface area contributed by atoms with Crippen LogP contribution in [0.25, 0.3) is 0 Å². The summed E-state index contributed by atoms with van der Waals surface area (Å²) in [7, 11) is -3.49. The zero-order chi connectivity index (χ0) is 15.0. The van der Waals surface area contributed by atoms with Crippen LogP contribution in [0.5, 0.6) is 0 Å². The number of hydrogen-bond donors (Lipinski definition) is 1. The van der Waals surface area contributed by atoms with Gasteiger partial charge in [-0.3, -0.25) is 0 Å². The van der Waals surface area contributed by atoms with E-state index in [-0.39, 0.29) is 0 Å². The van der Waals surface area contributed by atoms with Crippen LogP contribution >= 0.6 is 0 Å². The van der Waals surface area contributed by atoms with E-state index >= 15 is 0 Å². The van der Waals surface area contributed by atoms with Gasteiger partial charge in [0, 0.05) is 5.54 Å². The van der Waals surface area contributed by atoms with Gasteiger partial charge in [0.2, 0.25) is 10.0 Å². The summed E-state index contributed by atoms with van der Waals surface area (Å²) < 4.78 is 28.1. The van der Waals surface area contributed by atoms with Gasteiger partial charge in [0.1, 0.15) is 0 Å². The fraction of sp³-hybridized carbons (Fsp3) is 0.600. The lowest BCUT2D eigenvalue weighted by Gasteiger charge is -2.26. The highest BCUT2D eigenvalue weighted by Crippen LogP contribution is 2.27. The summed E-state index contributed by atoms with van der Waals surface area (Å²) in [5.41, 5.74) is 3.26. The summed E-state index contributed by atoms with van der Waals surface area (Å²) in [6, 6.07) is 2.04. The molecule has 0 saturated carbocycles. The van der Waals surface area contributed by atoms with Gasteiger partial charge >= 0.3 is 0 Å². The van der Waals surface area contributed by atoms with Crippen LogP contribution in [0.15, 0.2) is 11.0 Å².